The van der Waals surface area contributed by atoms with Crippen molar-refractivity contribution in [2.24, 2.45) is 0 Å². The summed E-state index contributed by atoms with van der Waals surface area (Å²) in [7, 11) is 0. The van der Waals surface area contributed by atoms with Crippen molar-refractivity contribution in [1.29, 1.82) is 0 Å². The van der Waals surface area contributed by atoms with Gasteiger partial charge < -0.3 is 15.7 Å². The maximum atomic E-state index is 10.9. The molecule has 8 nitrogen and oxygen atoms in total. The lowest BCUT2D eigenvalue weighted by Crippen LogP contribution is -2.20. The molecule has 1 rings (SSSR count). The Hall–Kier alpha value is -1.96. The predicted octanol–water partition coefficient (Wildman–Crippen LogP) is 1.39. The van der Waals surface area contributed by atoms with Crippen LogP contribution in [-0.2, 0) is 0 Å². The maximum absolute atomic E-state index is 10.9. The van der Waals surface area contributed by atoms with Gasteiger partial charge in [-0.3, -0.25) is 10.1 Å². The van der Waals surface area contributed by atoms with Gasteiger partial charge in [-0.05, 0) is 12.8 Å². The fraction of sp³-hybridized carbons (Fsp3) is 0.636. The van der Waals surface area contributed by atoms with Crippen LogP contribution in [0.25, 0.3) is 0 Å². The molecule has 8 heteroatoms. The highest BCUT2D eigenvalue weighted by molar-refractivity contribution is 5.56. The van der Waals surface area contributed by atoms with E-state index in [0.29, 0.717) is 18.9 Å². The Labute approximate surface area is 111 Å². The van der Waals surface area contributed by atoms with E-state index < -0.39 is 11.0 Å². The van der Waals surface area contributed by atoms with E-state index >= 15 is 0 Å². The van der Waals surface area contributed by atoms with Crippen LogP contribution in [0.3, 0.4) is 0 Å². The number of aromatic nitrogens is 2. The molecule has 1 atom stereocenters. The molecule has 1 heterocycles. The van der Waals surface area contributed by atoms with Crippen molar-refractivity contribution >= 4 is 17.5 Å². The molecule has 0 aliphatic heterocycles. The lowest BCUT2D eigenvalue weighted by molar-refractivity contribution is -0.384. The number of aliphatic hydroxyl groups excluding tert-OH is 1. The van der Waals surface area contributed by atoms with E-state index in [9.17, 15) is 15.2 Å². The molecule has 1 aromatic rings. The van der Waals surface area contributed by atoms with E-state index in [1.54, 1.807) is 0 Å². The molecule has 0 aliphatic rings. The van der Waals surface area contributed by atoms with Crippen LogP contribution in [0, 0.1) is 10.1 Å². The summed E-state index contributed by atoms with van der Waals surface area (Å²) in [5.74, 6) is 0.451. The van der Waals surface area contributed by atoms with Crippen LogP contribution in [0.5, 0.6) is 0 Å². The van der Waals surface area contributed by atoms with E-state index in [4.69, 9.17) is 0 Å². The predicted molar refractivity (Wildman–Crippen MR) is 72.3 cm³/mol. The molecular formula is C11H19N5O3. The standard InChI is InChI=1S/C11H19N5O3/c1-3-5-12-11-14-7-9(16(18)19)10(15-11)13-6-8(17)4-2/h7-8,17H,3-6H2,1-2H3,(H2,12,13,14,15). The van der Waals surface area contributed by atoms with Crippen LogP contribution in [0.1, 0.15) is 26.7 Å². The fourth-order valence-corrected chi connectivity index (χ4v) is 1.32. The highest BCUT2D eigenvalue weighted by Crippen LogP contribution is 2.21. The number of nitrogens with one attached hydrogen (secondary N) is 2. The summed E-state index contributed by atoms with van der Waals surface area (Å²) in [4.78, 5) is 18.2. The molecule has 1 aromatic heterocycles. The van der Waals surface area contributed by atoms with Gasteiger partial charge >= 0.3 is 5.69 Å². The first-order chi connectivity index (χ1) is 9.08. The second-order valence-electron chi connectivity index (χ2n) is 4.05. The largest absolute Gasteiger partial charge is 0.391 e. The molecule has 0 bridgehead atoms. The molecule has 0 saturated carbocycles. The minimum absolute atomic E-state index is 0.117. The molecule has 0 aromatic carbocycles. The number of rotatable bonds is 8. The summed E-state index contributed by atoms with van der Waals surface area (Å²) >= 11 is 0. The third-order valence-corrected chi connectivity index (χ3v) is 2.48. The maximum Gasteiger partial charge on any atom is 0.329 e. The third-order valence-electron chi connectivity index (χ3n) is 2.48. The van der Waals surface area contributed by atoms with Crippen LogP contribution in [0.2, 0.25) is 0 Å². The van der Waals surface area contributed by atoms with Crippen LogP contribution >= 0.6 is 0 Å². The molecule has 0 fully saturated rings. The molecule has 3 N–H and O–H groups in total. The Morgan fingerprint density at radius 3 is 2.79 bits per heavy atom. The van der Waals surface area contributed by atoms with Gasteiger partial charge in [-0.2, -0.15) is 4.98 Å². The Kier molecular flexibility index (Phi) is 5.94. The van der Waals surface area contributed by atoms with Crippen molar-refractivity contribution in [3.8, 4) is 0 Å². The zero-order chi connectivity index (χ0) is 14.3. The number of hydrogen-bond donors (Lipinski definition) is 3. The monoisotopic (exact) mass is 269 g/mol. The Bertz CT molecular complexity index is 427. The fourth-order valence-electron chi connectivity index (χ4n) is 1.32. The summed E-state index contributed by atoms with van der Waals surface area (Å²) in [5.41, 5.74) is -0.203. The van der Waals surface area contributed by atoms with Crippen molar-refractivity contribution in [1.82, 2.24) is 9.97 Å². The Balaban J connectivity index is 2.85. The first-order valence-corrected chi connectivity index (χ1v) is 6.25. The second kappa shape index (κ2) is 7.47. The van der Waals surface area contributed by atoms with Gasteiger partial charge in [0.15, 0.2) is 0 Å². The highest BCUT2D eigenvalue weighted by atomic mass is 16.6. The van der Waals surface area contributed by atoms with Gasteiger partial charge in [-0.25, -0.2) is 4.98 Å². The van der Waals surface area contributed by atoms with Gasteiger partial charge in [0, 0.05) is 13.1 Å². The number of nitrogens with zero attached hydrogens (tertiary/aromatic N) is 3. The smallest absolute Gasteiger partial charge is 0.329 e. The molecule has 106 valence electrons. The first kappa shape index (κ1) is 15.1. The molecule has 0 spiro atoms. The summed E-state index contributed by atoms with van der Waals surface area (Å²) in [6.07, 6.45) is 2.05. The van der Waals surface area contributed by atoms with Gasteiger partial charge in [-0.1, -0.05) is 13.8 Å². The highest BCUT2D eigenvalue weighted by Gasteiger charge is 2.17. The van der Waals surface area contributed by atoms with Gasteiger partial charge in [0.1, 0.15) is 6.20 Å². The van der Waals surface area contributed by atoms with Crippen LogP contribution < -0.4 is 10.6 Å². The van der Waals surface area contributed by atoms with Crippen LogP contribution in [0.15, 0.2) is 6.20 Å². The summed E-state index contributed by atoms with van der Waals surface area (Å²) in [5, 5.41) is 26.1. The normalized spacial score (nSPS) is 11.9. The van der Waals surface area contributed by atoms with E-state index in [2.05, 4.69) is 20.6 Å². The minimum atomic E-state index is -0.568. The zero-order valence-electron chi connectivity index (χ0n) is 11.1. The molecule has 0 saturated heterocycles. The molecule has 1 unspecified atom stereocenters. The third kappa shape index (κ3) is 4.66. The molecule has 0 radical (unpaired) electrons. The molecule has 0 amide bonds. The summed E-state index contributed by atoms with van der Waals surface area (Å²) < 4.78 is 0. The lowest BCUT2D eigenvalue weighted by Gasteiger charge is -2.11. The van der Waals surface area contributed by atoms with Gasteiger partial charge in [0.25, 0.3) is 0 Å². The van der Waals surface area contributed by atoms with Crippen LogP contribution in [0.4, 0.5) is 17.5 Å². The van der Waals surface area contributed by atoms with Gasteiger partial charge in [0.05, 0.1) is 11.0 Å². The van der Waals surface area contributed by atoms with Crippen molar-refractivity contribution in [3.05, 3.63) is 16.3 Å². The van der Waals surface area contributed by atoms with Crippen molar-refractivity contribution in [2.75, 3.05) is 23.7 Å². The quantitative estimate of drug-likeness (QED) is 0.482. The van der Waals surface area contributed by atoms with Crippen molar-refractivity contribution < 1.29 is 10.0 Å². The molecule has 0 aliphatic carbocycles. The summed E-state index contributed by atoms with van der Waals surface area (Å²) in [6, 6.07) is 0. The number of anilines is 2. The number of hydrogen-bond acceptors (Lipinski definition) is 7. The van der Waals surface area contributed by atoms with Crippen molar-refractivity contribution in [3.63, 3.8) is 0 Å². The van der Waals surface area contributed by atoms with Gasteiger partial charge in [-0.15, -0.1) is 0 Å². The Morgan fingerprint density at radius 2 is 2.21 bits per heavy atom. The molecular weight excluding hydrogens is 250 g/mol. The first-order valence-electron chi connectivity index (χ1n) is 6.25. The topological polar surface area (TPSA) is 113 Å². The van der Waals surface area contributed by atoms with Crippen LogP contribution in [-0.4, -0.2) is 39.2 Å². The lowest BCUT2D eigenvalue weighted by atomic mass is 10.3. The SMILES string of the molecule is CCCNc1ncc([N+](=O)[O-])c(NCC(O)CC)n1. The zero-order valence-corrected chi connectivity index (χ0v) is 11.1. The average molecular weight is 269 g/mol. The van der Waals surface area contributed by atoms with E-state index in [1.807, 2.05) is 13.8 Å². The van der Waals surface area contributed by atoms with Gasteiger partial charge in [0.2, 0.25) is 11.8 Å². The number of nitro groups is 1. The van der Waals surface area contributed by atoms with E-state index in [1.165, 1.54) is 0 Å². The number of aliphatic hydroxyl groups is 1. The van der Waals surface area contributed by atoms with Crippen molar-refractivity contribution in [2.45, 2.75) is 32.8 Å². The Morgan fingerprint density at radius 1 is 1.47 bits per heavy atom. The van der Waals surface area contributed by atoms with E-state index in [-0.39, 0.29) is 18.1 Å². The summed E-state index contributed by atoms with van der Waals surface area (Å²) in [6.45, 7) is 4.72. The van der Waals surface area contributed by atoms with E-state index in [0.717, 1.165) is 12.6 Å². The molecule has 19 heavy (non-hydrogen) atoms. The second-order valence-corrected chi connectivity index (χ2v) is 4.05. The minimum Gasteiger partial charge on any atom is -0.391 e. The average Bonchev–Trinajstić information content (AvgIpc) is 2.42.